The van der Waals surface area contributed by atoms with Gasteiger partial charge in [0.25, 0.3) is 0 Å². The largest absolute Gasteiger partial charge is 0.329 e. The molecule has 0 aromatic carbocycles. The smallest absolute Gasteiger partial charge is 0.0489 e. The maximum absolute atomic E-state index is 5.97. The van der Waals surface area contributed by atoms with Crippen molar-refractivity contribution in [1.29, 1.82) is 0 Å². The Kier molecular flexibility index (Phi) is 6.70. The summed E-state index contributed by atoms with van der Waals surface area (Å²) in [5.74, 6) is 0.724. The lowest BCUT2D eigenvalue weighted by molar-refractivity contribution is 0.182. The molecule has 1 rings (SSSR count). The fourth-order valence-electron chi connectivity index (χ4n) is 2.01. The van der Waals surface area contributed by atoms with Gasteiger partial charge in [-0.2, -0.15) is 11.3 Å². The molecule has 0 saturated heterocycles. The van der Waals surface area contributed by atoms with E-state index in [4.69, 9.17) is 5.73 Å². The molecule has 98 valence electrons. The first kappa shape index (κ1) is 15.2. The zero-order chi connectivity index (χ0) is 12.8. The molecule has 2 unspecified atom stereocenters. The molecule has 2 N–H and O–H groups in total. The number of hydrogen-bond acceptors (Lipinski definition) is 3. The molecule has 1 aromatic rings. The van der Waals surface area contributed by atoms with Crippen LogP contribution in [0.5, 0.6) is 0 Å². The molecule has 0 aliphatic rings. The van der Waals surface area contributed by atoms with Crippen LogP contribution < -0.4 is 5.73 Å². The van der Waals surface area contributed by atoms with Crippen LogP contribution in [0.4, 0.5) is 0 Å². The zero-order valence-electron chi connectivity index (χ0n) is 10.9. The van der Waals surface area contributed by atoms with E-state index in [9.17, 15) is 0 Å². The Morgan fingerprint density at radius 1 is 1.41 bits per heavy atom. The van der Waals surface area contributed by atoms with Gasteiger partial charge in [-0.25, -0.2) is 0 Å². The van der Waals surface area contributed by atoms with E-state index in [1.165, 1.54) is 16.5 Å². The lowest BCUT2D eigenvalue weighted by Crippen LogP contribution is -2.36. The van der Waals surface area contributed by atoms with E-state index < -0.39 is 0 Å². The summed E-state index contributed by atoms with van der Waals surface area (Å²) in [6, 6.07) is 0.342. The molecule has 2 atom stereocenters. The highest BCUT2D eigenvalue weighted by molar-refractivity contribution is 9.10. The van der Waals surface area contributed by atoms with Gasteiger partial charge in [-0.3, -0.25) is 4.90 Å². The van der Waals surface area contributed by atoms with E-state index in [2.05, 4.69) is 52.4 Å². The summed E-state index contributed by atoms with van der Waals surface area (Å²) in [6.45, 7) is 9.62. The molecule has 0 saturated carbocycles. The molecule has 4 heteroatoms. The molecule has 1 aromatic heterocycles. The van der Waals surface area contributed by atoms with Crippen LogP contribution in [0, 0.1) is 5.92 Å². The molecule has 0 aliphatic heterocycles. The van der Waals surface area contributed by atoms with Crippen LogP contribution in [-0.4, -0.2) is 24.5 Å². The van der Waals surface area contributed by atoms with Crippen LogP contribution in [0.1, 0.15) is 38.8 Å². The predicted molar refractivity (Wildman–Crippen MR) is 80.5 cm³/mol. The molecule has 0 aliphatic carbocycles. The third kappa shape index (κ3) is 4.05. The summed E-state index contributed by atoms with van der Waals surface area (Å²) >= 11 is 5.35. The third-order valence-electron chi connectivity index (χ3n) is 3.31. The van der Waals surface area contributed by atoms with E-state index in [-0.39, 0.29) is 0 Å². The van der Waals surface area contributed by atoms with Gasteiger partial charge in [-0.15, -0.1) is 0 Å². The Labute approximate surface area is 117 Å². The minimum Gasteiger partial charge on any atom is -0.329 e. The average Bonchev–Trinajstić information content (AvgIpc) is 2.75. The Morgan fingerprint density at radius 2 is 2.12 bits per heavy atom. The van der Waals surface area contributed by atoms with Crippen LogP contribution in [0.15, 0.2) is 15.2 Å². The van der Waals surface area contributed by atoms with E-state index in [0.29, 0.717) is 12.6 Å². The SMILES string of the molecule is CCC(C)CN(CC)C(CN)c1cscc1Br. The summed E-state index contributed by atoms with van der Waals surface area (Å²) < 4.78 is 1.19. The van der Waals surface area contributed by atoms with Gasteiger partial charge in [-0.1, -0.05) is 27.2 Å². The normalized spacial score (nSPS) is 15.2. The molecule has 17 heavy (non-hydrogen) atoms. The molecule has 1 heterocycles. The highest BCUT2D eigenvalue weighted by Gasteiger charge is 2.21. The maximum atomic E-state index is 5.97. The van der Waals surface area contributed by atoms with Crippen molar-refractivity contribution in [3.05, 3.63) is 20.8 Å². The second kappa shape index (κ2) is 7.52. The quantitative estimate of drug-likeness (QED) is 0.826. The van der Waals surface area contributed by atoms with Gasteiger partial charge >= 0.3 is 0 Å². The van der Waals surface area contributed by atoms with Crippen molar-refractivity contribution >= 4 is 27.3 Å². The standard InChI is InChI=1S/C13H23BrN2S/c1-4-10(3)7-16(5-2)13(6-15)11-8-17-9-12(11)14/h8-10,13H,4-7,15H2,1-3H3. The van der Waals surface area contributed by atoms with Crippen molar-refractivity contribution in [2.45, 2.75) is 33.2 Å². The van der Waals surface area contributed by atoms with Crippen molar-refractivity contribution in [2.24, 2.45) is 11.7 Å². The van der Waals surface area contributed by atoms with Gasteiger partial charge in [-0.05, 0) is 39.3 Å². The fourth-order valence-corrected chi connectivity index (χ4v) is 3.62. The Bertz CT molecular complexity index is 327. The predicted octanol–water partition coefficient (Wildman–Crippen LogP) is 3.88. The molecule has 2 nitrogen and oxygen atoms in total. The van der Waals surface area contributed by atoms with E-state index in [1.54, 1.807) is 11.3 Å². The van der Waals surface area contributed by atoms with Crippen LogP contribution in [0.25, 0.3) is 0 Å². The molecular formula is C13H23BrN2S. The summed E-state index contributed by atoms with van der Waals surface area (Å²) in [6.07, 6.45) is 1.22. The summed E-state index contributed by atoms with van der Waals surface area (Å²) in [5, 5.41) is 4.34. The maximum Gasteiger partial charge on any atom is 0.0489 e. The highest BCUT2D eigenvalue weighted by Crippen LogP contribution is 2.31. The van der Waals surface area contributed by atoms with Gasteiger partial charge in [0.1, 0.15) is 0 Å². The molecular weight excluding hydrogens is 296 g/mol. The Hall–Kier alpha value is 0.100. The number of nitrogens with two attached hydrogens (primary N) is 1. The lowest BCUT2D eigenvalue weighted by atomic mass is 10.0. The first-order chi connectivity index (χ1) is 8.13. The number of nitrogens with zero attached hydrogens (tertiary/aromatic N) is 1. The van der Waals surface area contributed by atoms with Gasteiger partial charge in [0.15, 0.2) is 0 Å². The highest BCUT2D eigenvalue weighted by atomic mass is 79.9. The Balaban J connectivity index is 2.80. The first-order valence-electron chi connectivity index (χ1n) is 6.29. The summed E-state index contributed by atoms with van der Waals surface area (Å²) in [4.78, 5) is 2.49. The van der Waals surface area contributed by atoms with Crippen molar-refractivity contribution in [3.63, 3.8) is 0 Å². The first-order valence-corrected chi connectivity index (χ1v) is 8.03. The second-order valence-corrected chi connectivity index (χ2v) is 6.13. The van der Waals surface area contributed by atoms with Crippen molar-refractivity contribution in [3.8, 4) is 0 Å². The van der Waals surface area contributed by atoms with Gasteiger partial charge < -0.3 is 5.73 Å². The molecule has 0 fully saturated rings. The minimum atomic E-state index is 0.342. The number of thiophene rings is 1. The Morgan fingerprint density at radius 3 is 2.53 bits per heavy atom. The fraction of sp³-hybridized carbons (Fsp3) is 0.692. The minimum absolute atomic E-state index is 0.342. The van der Waals surface area contributed by atoms with Crippen LogP contribution in [0.2, 0.25) is 0 Å². The average molecular weight is 319 g/mol. The van der Waals surface area contributed by atoms with Crippen molar-refractivity contribution in [2.75, 3.05) is 19.6 Å². The van der Waals surface area contributed by atoms with Crippen LogP contribution >= 0.6 is 27.3 Å². The lowest BCUT2D eigenvalue weighted by Gasteiger charge is -2.32. The third-order valence-corrected chi connectivity index (χ3v) is 5.07. The summed E-state index contributed by atoms with van der Waals surface area (Å²) in [5.41, 5.74) is 7.30. The van der Waals surface area contributed by atoms with Gasteiger partial charge in [0, 0.05) is 29.0 Å². The van der Waals surface area contributed by atoms with Crippen molar-refractivity contribution < 1.29 is 0 Å². The van der Waals surface area contributed by atoms with Gasteiger partial charge in [0.2, 0.25) is 0 Å². The number of hydrogen-bond donors (Lipinski definition) is 1. The van der Waals surface area contributed by atoms with E-state index >= 15 is 0 Å². The number of likely N-dealkylation sites (N-methyl/N-ethyl adjacent to an activating group) is 1. The van der Waals surface area contributed by atoms with E-state index in [1.807, 2.05) is 0 Å². The molecule has 0 amide bonds. The van der Waals surface area contributed by atoms with Crippen LogP contribution in [-0.2, 0) is 0 Å². The molecule has 0 radical (unpaired) electrons. The molecule has 0 bridgehead atoms. The van der Waals surface area contributed by atoms with Crippen molar-refractivity contribution in [1.82, 2.24) is 4.90 Å². The molecule has 0 spiro atoms. The van der Waals surface area contributed by atoms with Crippen LogP contribution in [0.3, 0.4) is 0 Å². The van der Waals surface area contributed by atoms with E-state index in [0.717, 1.165) is 19.0 Å². The second-order valence-electron chi connectivity index (χ2n) is 4.53. The topological polar surface area (TPSA) is 29.3 Å². The monoisotopic (exact) mass is 318 g/mol. The number of halogens is 1. The summed E-state index contributed by atoms with van der Waals surface area (Å²) in [7, 11) is 0. The zero-order valence-corrected chi connectivity index (χ0v) is 13.4. The van der Waals surface area contributed by atoms with Gasteiger partial charge in [0.05, 0.1) is 0 Å². The number of rotatable bonds is 7.